The van der Waals surface area contributed by atoms with E-state index in [-0.39, 0.29) is 11.6 Å². The fourth-order valence-electron chi connectivity index (χ4n) is 2.21. The van der Waals surface area contributed by atoms with Crippen molar-refractivity contribution in [3.05, 3.63) is 47.0 Å². The monoisotopic (exact) mass is 242 g/mol. The van der Waals surface area contributed by atoms with Crippen LogP contribution in [0.4, 0.5) is 0 Å². The van der Waals surface area contributed by atoms with Crippen molar-refractivity contribution in [1.82, 2.24) is 0 Å². The van der Waals surface area contributed by atoms with Gasteiger partial charge in [-0.15, -0.1) is 0 Å². The number of benzene rings is 1. The van der Waals surface area contributed by atoms with Gasteiger partial charge in [-0.3, -0.25) is 9.59 Å². The van der Waals surface area contributed by atoms with Crippen molar-refractivity contribution >= 4 is 11.6 Å². The second-order valence-electron chi connectivity index (χ2n) is 5.23. The summed E-state index contributed by atoms with van der Waals surface area (Å²) in [6.45, 7) is 4.42. The molecule has 0 fully saturated rings. The minimum atomic E-state index is -0.0710. The fourth-order valence-corrected chi connectivity index (χ4v) is 2.21. The van der Waals surface area contributed by atoms with Gasteiger partial charge < -0.3 is 0 Å². The topological polar surface area (TPSA) is 34.1 Å². The lowest BCUT2D eigenvalue weighted by Crippen LogP contribution is -2.11. The number of rotatable bonds is 4. The number of hydrogen-bond acceptors (Lipinski definition) is 2. The smallest absolute Gasteiger partial charge is 0.186 e. The van der Waals surface area contributed by atoms with Crippen LogP contribution in [0.15, 0.2) is 30.4 Å². The summed E-state index contributed by atoms with van der Waals surface area (Å²) in [5.74, 6) is 0.572. The van der Waals surface area contributed by atoms with E-state index < -0.39 is 0 Å². The molecule has 2 rings (SSSR count). The molecule has 1 aliphatic carbocycles. The number of carbonyl (C=O) groups excluding carboxylic acids is 2. The molecule has 0 saturated carbocycles. The second kappa shape index (κ2) is 5.30. The van der Waals surface area contributed by atoms with Crippen molar-refractivity contribution in [2.45, 2.75) is 33.1 Å². The van der Waals surface area contributed by atoms with Gasteiger partial charge >= 0.3 is 0 Å². The fraction of sp³-hybridized carbons (Fsp3) is 0.375. The molecule has 2 heteroatoms. The molecule has 1 aromatic carbocycles. The Balaban J connectivity index is 2.15. The number of hydrogen-bond donors (Lipinski definition) is 0. The number of aryl methyl sites for hydroxylation is 1. The van der Waals surface area contributed by atoms with Gasteiger partial charge in [0.05, 0.1) is 0 Å². The third-order valence-electron chi connectivity index (χ3n) is 3.25. The maximum absolute atomic E-state index is 11.7. The molecular weight excluding hydrogens is 224 g/mol. The Bertz CT molecular complexity index is 510. The normalized spacial score (nSPS) is 14.2. The van der Waals surface area contributed by atoms with Crippen LogP contribution in [0.5, 0.6) is 0 Å². The molecular formula is C16H18O2. The lowest BCUT2D eigenvalue weighted by Gasteiger charge is -2.11. The largest absolute Gasteiger partial charge is 0.289 e. The number of ketones is 2. The minimum Gasteiger partial charge on any atom is -0.289 e. The summed E-state index contributed by atoms with van der Waals surface area (Å²) >= 11 is 0. The van der Waals surface area contributed by atoms with Gasteiger partial charge in [0.15, 0.2) is 11.6 Å². The first-order valence-corrected chi connectivity index (χ1v) is 6.47. The average molecular weight is 242 g/mol. The van der Waals surface area contributed by atoms with E-state index in [9.17, 15) is 9.59 Å². The predicted molar refractivity (Wildman–Crippen MR) is 72.0 cm³/mol. The maximum atomic E-state index is 11.7. The Kier molecular flexibility index (Phi) is 3.75. The molecule has 0 amide bonds. The van der Waals surface area contributed by atoms with Gasteiger partial charge in [-0.05, 0) is 42.5 Å². The first-order valence-electron chi connectivity index (χ1n) is 6.47. The lowest BCUT2D eigenvalue weighted by atomic mass is 9.91. The first-order chi connectivity index (χ1) is 8.58. The quantitative estimate of drug-likeness (QED) is 0.808. The maximum Gasteiger partial charge on any atom is 0.186 e. The van der Waals surface area contributed by atoms with E-state index in [2.05, 4.69) is 13.8 Å². The Hall–Kier alpha value is -1.70. The zero-order chi connectivity index (χ0) is 13.1. The van der Waals surface area contributed by atoms with Crippen molar-refractivity contribution in [2.24, 2.45) is 5.92 Å². The Labute approximate surface area is 108 Å². The molecule has 0 unspecified atom stereocenters. The molecule has 0 bridgehead atoms. The van der Waals surface area contributed by atoms with Gasteiger partial charge in [-0.2, -0.15) is 0 Å². The van der Waals surface area contributed by atoms with Crippen LogP contribution < -0.4 is 0 Å². The molecule has 2 nitrogen and oxygen atoms in total. The lowest BCUT2D eigenvalue weighted by molar-refractivity contribution is 0.0994. The van der Waals surface area contributed by atoms with Gasteiger partial charge in [-0.25, -0.2) is 0 Å². The second-order valence-corrected chi connectivity index (χ2v) is 5.23. The Morgan fingerprint density at radius 3 is 2.33 bits per heavy atom. The van der Waals surface area contributed by atoms with Crippen molar-refractivity contribution in [3.8, 4) is 0 Å². The van der Waals surface area contributed by atoms with E-state index in [4.69, 9.17) is 0 Å². The van der Waals surface area contributed by atoms with E-state index in [0.29, 0.717) is 17.0 Å². The van der Waals surface area contributed by atoms with Crippen molar-refractivity contribution in [3.63, 3.8) is 0 Å². The van der Waals surface area contributed by atoms with Crippen molar-refractivity contribution in [1.29, 1.82) is 0 Å². The van der Waals surface area contributed by atoms with Crippen LogP contribution in [0, 0.1) is 5.92 Å². The summed E-state index contributed by atoms with van der Waals surface area (Å²) in [5, 5.41) is 0. The summed E-state index contributed by atoms with van der Waals surface area (Å²) in [7, 11) is 0. The van der Waals surface area contributed by atoms with Crippen LogP contribution in [0.2, 0.25) is 0 Å². The van der Waals surface area contributed by atoms with Gasteiger partial charge in [0, 0.05) is 11.1 Å². The summed E-state index contributed by atoms with van der Waals surface area (Å²) < 4.78 is 0. The van der Waals surface area contributed by atoms with Crippen LogP contribution >= 0.6 is 0 Å². The molecule has 1 aliphatic rings. The molecule has 0 spiro atoms. The van der Waals surface area contributed by atoms with E-state index in [1.54, 1.807) is 6.07 Å². The highest BCUT2D eigenvalue weighted by Gasteiger charge is 2.18. The molecule has 0 saturated heterocycles. The van der Waals surface area contributed by atoms with E-state index >= 15 is 0 Å². The van der Waals surface area contributed by atoms with E-state index in [1.165, 1.54) is 18.6 Å². The molecule has 18 heavy (non-hydrogen) atoms. The zero-order valence-electron chi connectivity index (χ0n) is 10.9. The Morgan fingerprint density at radius 1 is 1.00 bits per heavy atom. The van der Waals surface area contributed by atoms with Crippen LogP contribution in [0.25, 0.3) is 0 Å². The molecule has 0 aliphatic heterocycles. The molecule has 0 N–H and O–H groups in total. The number of fused-ring (bicyclic) bond motifs is 1. The third kappa shape index (κ3) is 2.76. The summed E-state index contributed by atoms with van der Waals surface area (Å²) in [5.41, 5.74) is 2.24. The van der Waals surface area contributed by atoms with E-state index in [0.717, 1.165) is 18.4 Å². The predicted octanol–water partition coefficient (Wildman–Crippen LogP) is 3.60. The number of allylic oxidation sites excluding steroid dienone is 2. The van der Waals surface area contributed by atoms with Gasteiger partial charge in [0.2, 0.25) is 0 Å². The third-order valence-corrected chi connectivity index (χ3v) is 3.25. The minimum absolute atomic E-state index is 0.0599. The zero-order valence-corrected chi connectivity index (χ0v) is 10.9. The van der Waals surface area contributed by atoms with Crippen LogP contribution in [0.1, 0.15) is 53.0 Å². The SMILES string of the molecule is CC(C)CCCc1ccc2c(c1)C(=O)C=CC2=O. The number of carbonyl (C=O) groups is 2. The Morgan fingerprint density at radius 2 is 1.67 bits per heavy atom. The van der Waals surface area contributed by atoms with Gasteiger partial charge in [0.1, 0.15) is 0 Å². The highest BCUT2D eigenvalue weighted by atomic mass is 16.1. The summed E-state index contributed by atoms with van der Waals surface area (Å²) in [6, 6.07) is 5.62. The highest BCUT2D eigenvalue weighted by Crippen LogP contribution is 2.20. The van der Waals surface area contributed by atoms with Gasteiger partial charge in [-0.1, -0.05) is 32.4 Å². The van der Waals surface area contributed by atoms with E-state index in [1.807, 2.05) is 12.1 Å². The van der Waals surface area contributed by atoms with Gasteiger partial charge in [0.25, 0.3) is 0 Å². The molecule has 0 heterocycles. The van der Waals surface area contributed by atoms with Crippen molar-refractivity contribution < 1.29 is 9.59 Å². The molecule has 0 aromatic heterocycles. The molecule has 1 aromatic rings. The summed E-state index contributed by atoms with van der Waals surface area (Å²) in [4.78, 5) is 23.3. The summed E-state index contributed by atoms with van der Waals surface area (Å²) in [6.07, 6.45) is 5.99. The highest BCUT2D eigenvalue weighted by molar-refractivity contribution is 6.22. The van der Waals surface area contributed by atoms with Crippen molar-refractivity contribution in [2.75, 3.05) is 0 Å². The van der Waals surface area contributed by atoms with Crippen LogP contribution in [-0.2, 0) is 6.42 Å². The van der Waals surface area contributed by atoms with Crippen LogP contribution in [0.3, 0.4) is 0 Å². The first kappa shape index (κ1) is 12.7. The molecule has 0 radical (unpaired) electrons. The standard InChI is InChI=1S/C16H18O2/c1-11(2)4-3-5-12-6-7-13-14(10-12)16(18)9-8-15(13)17/h6-11H,3-5H2,1-2H3. The van der Waals surface area contributed by atoms with Crippen LogP contribution in [-0.4, -0.2) is 11.6 Å². The average Bonchev–Trinajstić information content (AvgIpc) is 2.34. The molecule has 94 valence electrons. The molecule has 0 atom stereocenters.